The van der Waals surface area contributed by atoms with Crippen LogP contribution < -0.4 is 5.56 Å². The largest absolute Gasteiger partial charge is 0.390 e. The van der Waals surface area contributed by atoms with Crippen molar-refractivity contribution >= 4 is 21.4 Å². The van der Waals surface area contributed by atoms with Crippen LogP contribution in [0, 0.1) is 0 Å². The molecule has 20 heavy (non-hydrogen) atoms. The molecule has 2 aromatic rings. The Morgan fingerprint density at radius 1 is 1.30 bits per heavy atom. The van der Waals surface area contributed by atoms with Crippen LogP contribution in [0.2, 0.25) is 0 Å². The van der Waals surface area contributed by atoms with Gasteiger partial charge in [0.05, 0.1) is 31.2 Å². The fourth-order valence-corrected chi connectivity index (χ4v) is 3.29. The standard InChI is InChI=1S/C14H18N2O3S/c17-11(9-15-4-6-19-7-5-15)10-16-3-1-13-12(14(16)18)2-8-20-13/h1-3,8,11,17H,4-7,9-10H2. The Morgan fingerprint density at radius 2 is 2.10 bits per heavy atom. The molecule has 0 aliphatic carbocycles. The van der Waals surface area contributed by atoms with Crippen molar-refractivity contribution in [3.8, 4) is 0 Å². The molecule has 1 aliphatic heterocycles. The second kappa shape index (κ2) is 6.05. The first-order valence-corrected chi connectivity index (χ1v) is 7.67. The van der Waals surface area contributed by atoms with Gasteiger partial charge in [-0.3, -0.25) is 9.69 Å². The molecule has 6 heteroatoms. The molecule has 0 saturated carbocycles. The average molecular weight is 294 g/mol. The van der Waals surface area contributed by atoms with Crippen molar-refractivity contribution < 1.29 is 9.84 Å². The average Bonchev–Trinajstić information content (AvgIpc) is 2.92. The highest BCUT2D eigenvalue weighted by Crippen LogP contribution is 2.16. The number of nitrogens with zero attached hydrogens (tertiary/aromatic N) is 2. The van der Waals surface area contributed by atoms with Gasteiger partial charge in [-0.1, -0.05) is 0 Å². The van der Waals surface area contributed by atoms with Crippen LogP contribution in [0.25, 0.3) is 10.1 Å². The maximum atomic E-state index is 12.2. The summed E-state index contributed by atoms with van der Waals surface area (Å²) < 4.78 is 7.87. The molecule has 1 saturated heterocycles. The van der Waals surface area contributed by atoms with Gasteiger partial charge in [0.25, 0.3) is 5.56 Å². The molecule has 108 valence electrons. The topological polar surface area (TPSA) is 54.7 Å². The number of β-amino-alcohol motifs (C(OH)–C–C–N with tert-alkyl or cyclic N) is 1. The van der Waals surface area contributed by atoms with Gasteiger partial charge in [-0.25, -0.2) is 0 Å². The van der Waals surface area contributed by atoms with Crippen LogP contribution in [-0.4, -0.2) is 53.5 Å². The summed E-state index contributed by atoms with van der Waals surface area (Å²) in [6.45, 7) is 4.03. The first-order valence-electron chi connectivity index (χ1n) is 6.79. The SMILES string of the molecule is O=c1c2ccsc2ccn1CC(O)CN1CCOCC1. The second-order valence-electron chi connectivity index (χ2n) is 5.04. The lowest BCUT2D eigenvalue weighted by Gasteiger charge is -2.28. The number of aliphatic hydroxyl groups excluding tert-OH is 1. The molecule has 5 nitrogen and oxygen atoms in total. The van der Waals surface area contributed by atoms with E-state index in [9.17, 15) is 9.90 Å². The third-order valence-corrected chi connectivity index (χ3v) is 4.45. The zero-order valence-corrected chi connectivity index (χ0v) is 12.0. The third-order valence-electron chi connectivity index (χ3n) is 3.57. The molecule has 1 N–H and O–H groups in total. The zero-order valence-electron chi connectivity index (χ0n) is 11.2. The van der Waals surface area contributed by atoms with E-state index in [1.54, 1.807) is 22.1 Å². The molecule has 2 aromatic heterocycles. The maximum absolute atomic E-state index is 12.2. The van der Waals surface area contributed by atoms with Gasteiger partial charge in [0.1, 0.15) is 0 Å². The molecule has 0 bridgehead atoms. The van der Waals surface area contributed by atoms with Crippen molar-refractivity contribution in [1.29, 1.82) is 0 Å². The molecule has 1 unspecified atom stereocenters. The van der Waals surface area contributed by atoms with Gasteiger partial charge in [0.15, 0.2) is 0 Å². The normalized spacial score (nSPS) is 18.4. The summed E-state index contributed by atoms with van der Waals surface area (Å²) in [5.41, 5.74) is -0.0234. The first kappa shape index (κ1) is 13.8. The minimum absolute atomic E-state index is 0.0234. The highest BCUT2D eigenvalue weighted by molar-refractivity contribution is 7.17. The van der Waals surface area contributed by atoms with E-state index in [0.29, 0.717) is 26.3 Å². The summed E-state index contributed by atoms with van der Waals surface area (Å²) in [4.78, 5) is 14.4. The van der Waals surface area contributed by atoms with Crippen molar-refractivity contribution in [3.63, 3.8) is 0 Å². The Morgan fingerprint density at radius 3 is 2.90 bits per heavy atom. The summed E-state index contributed by atoms with van der Waals surface area (Å²) in [6, 6.07) is 3.77. The van der Waals surface area contributed by atoms with Crippen molar-refractivity contribution in [2.45, 2.75) is 12.6 Å². The summed E-state index contributed by atoms with van der Waals surface area (Å²) in [5.74, 6) is 0. The lowest BCUT2D eigenvalue weighted by atomic mass is 10.2. The number of fused-ring (bicyclic) bond motifs is 1. The van der Waals surface area contributed by atoms with Crippen molar-refractivity contribution in [2.75, 3.05) is 32.8 Å². The Hall–Kier alpha value is -1.21. The predicted octanol–water partition coefficient (Wildman–Crippen LogP) is 0.756. The zero-order chi connectivity index (χ0) is 13.9. The van der Waals surface area contributed by atoms with Crippen LogP contribution in [0.4, 0.5) is 0 Å². The lowest BCUT2D eigenvalue weighted by molar-refractivity contribution is 0.0113. The van der Waals surface area contributed by atoms with Gasteiger partial charge in [-0.15, -0.1) is 11.3 Å². The van der Waals surface area contributed by atoms with Crippen LogP contribution in [-0.2, 0) is 11.3 Å². The Bertz CT molecular complexity index is 631. The van der Waals surface area contributed by atoms with Crippen LogP contribution in [0.3, 0.4) is 0 Å². The van der Waals surface area contributed by atoms with Gasteiger partial charge >= 0.3 is 0 Å². The molecule has 1 aliphatic rings. The monoisotopic (exact) mass is 294 g/mol. The lowest BCUT2D eigenvalue weighted by Crippen LogP contribution is -2.42. The molecule has 0 amide bonds. The van der Waals surface area contributed by atoms with Crippen LogP contribution >= 0.6 is 11.3 Å². The molecule has 0 aromatic carbocycles. The van der Waals surface area contributed by atoms with Gasteiger partial charge in [-0.05, 0) is 17.5 Å². The summed E-state index contributed by atoms with van der Waals surface area (Å²) in [7, 11) is 0. The molecular weight excluding hydrogens is 276 g/mol. The van der Waals surface area contributed by atoms with Crippen LogP contribution in [0.15, 0.2) is 28.5 Å². The number of rotatable bonds is 4. The highest BCUT2D eigenvalue weighted by atomic mass is 32.1. The maximum Gasteiger partial charge on any atom is 0.259 e. The van der Waals surface area contributed by atoms with Crippen molar-refractivity contribution in [3.05, 3.63) is 34.1 Å². The van der Waals surface area contributed by atoms with Crippen LogP contribution in [0.5, 0.6) is 0 Å². The predicted molar refractivity (Wildman–Crippen MR) is 79.4 cm³/mol. The molecular formula is C14H18N2O3S. The Labute approximate surface area is 121 Å². The van der Waals surface area contributed by atoms with Crippen LogP contribution in [0.1, 0.15) is 0 Å². The third kappa shape index (κ3) is 2.93. The summed E-state index contributed by atoms with van der Waals surface area (Å²) >= 11 is 1.56. The van der Waals surface area contributed by atoms with Gasteiger partial charge < -0.3 is 14.4 Å². The molecule has 3 rings (SSSR count). The minimum Gasteiger partial charge on any atom is -0.390 e. The quantitative estimate of drug-likeness (QED) is 0.904. The minimum atomic E-state index is -0.540. The number of aliphatic hydroxyl groups is 1. The van der Waals surface area contributed by atoms with Crippen molar-refractivity contribution in [1.82, 2.24) is 9.47 Å². The van der Waals surface area contributed by atoms with E-state index in [4.69, 9.17) is 4.74 Å². The van der Waals surface area contributed by atoms with Gasteiger partial charge in [0.2, 0.25) is 0 Å². The number of hydrogen-bond acceptors (Lipinski definition) is 5. The number of hydrogen-bond donors (Lipinski definition) is 1. The molecule has 1 fully saturated rings. The number of morpholine rings is 1. The van der Waals surface area contributed by atoms with E-state index < -0.39 is 6.10 Å². The van der Waals surface area contributed by atoms with E-state index in [2.05, 4.69) is 4.90 Å². The first-order chi connectivity index (χ1) is 9.74. The second-order valence-corrected chi connectivity index (χ2v) is 5.99. The Balaban J connectivity index is 1.68. The fourth-order valence-electron chi connectivity index (χ4n) is 2.52. The van der Waals surface area contributed by atoms with E-state index in [1.165, 1.54) is 0 Å². The number of ether oxygens (including phenoxy) is 1. The van der Waals surface area contributed by atoms with Gasteiger partial charge in [-0.2, -0.15) is 0 Å². The van der Waals surface area contributed by atoms with Crippen molar-refractivity contribution in [2.24, 2.45) is 0 Å². The summed E-state index contributed by atoms with van der Waals surface area (Å²) in [5, 5.41) is 12.8. The summed E-state index contributed by atoms with van der Waals surface area (Å²) in [6.07, 6.45) is 1.23. The number of thiophene rings is 1. The molecule has 0 spiro atoms. The fraction of sp³-hybridized carbons (Fsp3) is 0.500. The number of aromatic nitrogens is 1. The molecule has 0 radical (unpaired) electrons. The van der Waals surface area contributed by atoms with E-state index >= 15 is 0 Å². The van der Waals surface area contributed by atoms with E-state index in [0.717, 1.165) is 23.2 Å². The van der Waals surface area contributed by atoms with Gasteiger partial charge in [0, 0.05) is 30.5 Å². The highest BCUT2D eigenvalue weighted by Gasteiger charge is 2.16. The number of pyridine rings is 1. The smallest absolute Gasteiger partial charge is 0.259 e. The molecule has 1 atom stereocenters. The van der Waals surface area contributed by atoms with E-state index in [1.807, 2.05) is 17.5 Å². The molecule has 3 heterocycles. The van der Waals surface area contributed by atoms with E-state index in [-0.39, 0.29) is 5.56 Å². The Kier molecular flexibility index (Phi) is 4.16.